The molecule has 0 radical (unpaired) electrons. The van der Waals surface area contributed by atoms with Crippen LogP contribution in [0.25, 0.3) is 0 Å². The van der Waals surface area contributed by atoms with Crippen molar-refractivity contribution in [1.29, 1.82) is 0 Å². The van der Waals surface area contributed by atoms with Gasteiger partial charge in [-0.15, -0.1) is 0 Å². The monoisotopic (exact) mass is 421 g/mol. The normalized spacial score (nSPS) is 14.8. The van der Waals surface area contributed by atoms with Crippen molar-refractivity contribution in [2.24, 2.45) is 5.92 Å². The average Bonchev–Trinajstić information content (AvgIpc) is 2.74. The van der Waals surface area contributed by atoms with Gasteiger partial charge in [-0.2, -0.15) is 0 Å². The zero-order valence-corrected chi connectivity index (χ0v) is 16.8. The maximum absolute atomic E-state index is 12.7. The smallest absolute Gasteiger partial charge is 0.323 e. The number of carbonyl (C=O) groups is 2. The molecule has 7 heteroatoms. The van der Waals surface area contributed by atoms with Crippen LogP contribution in [0.3, 0.4) is 0 Å². The highest BCUT2D eigenvalue weighted by molar-refractivity contribution is 6.30. The van der Waals surface area contributed by atoms with Gasteiger partial charge in [0, 0.05) is 22.1 Å². The number of fused-ring (bicyclic) bond motifs is 1. The first-order valence-corrected chi connectivity index (χ1v) is 9.90. The number of rotatable bonds is 4. The van der Waals surface area contributed by atoms with Crippen molar-refractivity contribution in [3.63, 3.8) is 0 Å². The Labute approximate surface area is 179 Å². The lowest BCUT2D eigenvalue weighted by molar-refractivity contribution is -0.121. The van der Waals surface area contributed by atoms with Crippen molar-refractivity contribution >= 4 is 40.6 Å². The van der Waals surface area contributed by atoms with Crippen molar-refractivity contribution in [2.45, 2.75) is 6.42 Å². The van der Waals surface area contributed by atoms with Crippen LogP contribution in [0.1, 0.15) is 5.56 Å². The highest BCUT2D eigenvalue weighted by atomic mass is 35.5. The van der Waals surface area contributed by atoms with Gasteiger partial charge in [-0.05, 0) is 60.5 Å². The van der Waals surface area contributed by atoms with E-state index in [-0.39, 0.29) is 17.9 Å². The molecule has 3 aromatic rings. The predicted molar refractivity (Wildman–Crippen MR) is 118 cm³/mol. The lowest BCUT2D eigenvalue weighted by Gasteiger charge is -2.24. The lowest BCUT2D eigenvalue weighted by Crippen LogP contribution is -2.32. The Morgan fingerprint density at radius 1 is 0.833 bits per heavy atom. The molecule has 1 aliphatic rings. The number of hydrogen-bond acceptors (Lipinski definition) is 3. The molecule has 1 heterocycles. The largest absolute Gasteiger partial charge is 0.492 e. The number of nitrogens with one attached hydrogen (secondary N) is 3. The molecule has 0 bridgehead atoms. The van der Waals surface area contributed by atoms with Crippen molar-refractivity contribution in [3.05, 3.63) is 83.4 Å². The van der Waals surface area contributed by atoms with Crippen LogP contribution in [0.4, 0.5) is 21.9 Å². The maximum Gasteiger partial charge on any atom is 0.323 e. The third-order valence-electron chi connectivity index (χ3n) is 4.72. The minimum absolute atomic E-state index is 0.147. The van der Waals surface area contributed by atoms with Crippen LogP contribution in [0.5, 0.6) is 5.75 Å². The summed E-state index contributed by atoms with van der Waals surface area (Å²) in [5.41, 5.74) is 2.77. The van der Waals surface area contributed by atoms with E-state index in [1.807, 2.05) is 30.3 Å². The Morgan fingerprint density at radius 2 is 1.53 bits per heavy atom. The molecule has 0 saturated carbocycles. The van der Waals surface area contributed by atoms with Crippen LogP contribution in [0.2, 0.25) is 5.02 Å². The topological polar surface area (TPSA) is 79.5 Å². The van der Waals surface area contributed by atoms with E-state index in [2.05, 4.69) is 16.0 Å². The quantitative estimate of drug-likeness (QED) is 0.543. The zero-order valence-electron chi connectivity index (χ0n) is 16.0. The Balaban J connectivity index is 1.37. The maximum atomic E-state index is 12.7. The molecule has 152 valence electrons. The first-order chi connectivity index (χ1) is 14.6. The molecular formula is C23H20ClN3O3. The summed E-state index contributed by atoms with van der Waals surface area (Å²) in [6, 6.07) is 21.2. The fourth-order valence-corrected chi connectivity index (χ4v) is 3.46. The summed E-state index contributed by atoms with van der Waals surface area (Å²) < 4.78 is 5.70. The van der Waals surface area contributed by atoms with Crippen molar-refractivity contribution in [1.82, 2.24) is 0 Å². The molecule has 3 aromatic carbocycles. The van der Waals surface area contributed by atoms with E-state index in [9.17, 15) is 9.59 Å². The predicted octanol–water partition coefficient (Wildman–Crippen LogP) is 5.17. The molecule has 0 saturated heterocycles. The Bertz CT molecular complexity index is 1070. The van der Waals surface area contributed by atoms with E-state index in [4.69, 9.17) is 16.3 Å². The third-order valence-corrected chi connectivity index (χ3v) is 4.95. The van der Waals surface area contributed by atoms with Gasteiger partial charge in [-0.3, -0.25) is 4.79 Å². The molecule has 6 nitrogen and oxygen atoms in total. The van der Waals surface area contributed by atoms with E-state index in [0.717, 1.165) is 11.3 Å². The third kappa shape index (κ3) is 4.90. The van der Waals surface area contributed by atoms with Gasteiger partial charge in [0.1, 0.15) is 12.4 Å². The number of ether oxygens (including phenoxy) is 1. The van der Waals surface area contributed by atoms with Crippen LogP contribution < -0.4 is 20.7 Å². The lowest BCUT2D eigenvalue weighted by atomic mass is 9.96. The summed E-state index contributed by atoms with van der Waals surface area (Å²) in [6.45, 7) is 0.303. The summed E-state index contributed by atoms with van der Waals surface area (Å²) in [4.78, 5) is 24.9. The molecule has 30 heavy (non-hydrogen) atoms. The number of benzene rings is 3. The van der Waals surface area contributed by atoms with Crippen molar-refractivity contribution in [2.75, 3.05) is 22.6 Å². The Hall–Kier alpha value is -3.51. The molecule has 0 aromatic heterocycles. The number of para-hydroxylation sites is 1. The number of anilines is 3. The second-order valence-electron chi connectivity index (χ2n) is 6.98. The van der Waals surface area contributed by atoms with Crippen molar-refractivity contribution < 1.29 is 14.3 Å². The van der Waals surface area contributed by atoms with Crippen molar-refractivity contribution in [3.8, 4) is 5.75 Å². The van der Waals surface area contributed by atoms with Gasteiger partial charge in [0.25, 0.3) is 0 Å². The Kier molecular flexibility index (Phi) is 5.86. The second kappa shape index (κ2) is 8.88. The molecule has 0 fully saturated rings. The first-order valence-electron chi connectivity index (χ1n) is 9.52. The standard InChI is InChI=1S/C23H20ClN3O3/c24-17-9-10-21-15(12-17)11-16(14-30-21)22(28)25-19-7-4-8-20(13-19)27-23(29)26-18-5-2-1-3-6-18/h1-10,12-13,16H,11,14H2,(H,25,28)(H2,26,27,29). The summed E-state index contributed by atoms with van der Waals surface area (Å²) in [5.74, 6) is 0.291. The summed E-state index contributed by atoms with van der Waals surface area (Å²) in [6.07, 6.45) is 0.555. The molecule has 3 amide bonds. The molecule has 4 rings (SSSR count). The van der Waals surface area contributed by atoms with E-state index in [1.54, 1.807) is 42.5 Å². The van der Waals surface area contributed by atoms with Gasteiger partial charge in [0.2, 0.25) is 5.91 Å². The summed E-state index contributed by atoms with van der Waals surface area (Å²) >= 11 is 6.05. The SMILES string of the molecule is O=C(Nc1ccccc1)Nc1cccc(NC(=O)C2COc3ccc(Cl)cc3C2)c1. The average molecular weight is 422 g/mol. The van der Waals surface area contributed by atoms with Gasteiger partial charge in [-0.1, -0.05) is 35.9 Å². The number of carbonyl (C=O) groups excluding carboxylic acids is 2. The number of hydrogen-bond donors (Lipinski definition) is 3. The van der Waals surface area contributed by atoms with Crippen LogP contribution in [-0.4, -0.2) is 18.5 Å². The van der Waals surface area contributed by atoms with Crippen LogP contribution in [-0.2, 0) is 11.2 Å². The highest BCUT2D eigenvalue weighted by Crippen LogP contribution is 2.30. The van der Waals surface area contributed by atoms with Crippen LogP contribution in [0, 0.1) is 5.92 Å². The van der Waals surface area contributed by atoms with Crippen LogP contribution >= 0.6 is 11.6 Å². The zero-order chi connectivity index (χ0) is 20.9. The van der Waals surface area contributed by atoms with Crippen LogP contribution in [0.15, 0.2) is 72.8 Å². The molecule has 3 N–H and O–H groups in total. The summed E-state index contributed by atoms with van der Waals surface area (Å²) in [7, 11) is 0. The van der Waals surface area contributed by atoms with Gasteiger partial charge in [0.15, 0.2) is 0 Å². The number of halogens is 1. The molecule has 1 unspecified atom stereocenters. The first kappa shape index (κ1) is 19.8. The van der Waals surface area contributed by atoms with Gasteiger partial charge < -0.3 is 20.7 Å². The van der Waals surface area contributed by atoms with E-state index >= 15 is 0 Å². The minimum atomic E-state index is -0.362. The molecule has 0 aliphatic carbocycles. The van der Waals surface area contributed by atoms with Gasteiger partial charge in [-0.25, -0.2) is 4.79 Å². The number of amides is 3. The van der Waals surface area contributed by atoms with Gasteiger partial charge >= 0.3 is 6.03 Å². The van der Waals surface area contributed by atoms with E-state index < -0.39 is 0 Å². The molecule has 1 aliphatic heterocycles. The fraction of sp³-hybridized carbons (Fsp3) is 0.130. The minimum Gasteiger partial charge on any atom is -0.492 e. The van der Waals surface area contributed by atoms with Gasteiger partial charge in [0.05, 0.1) is 5.92 Å². The second-order valence-corrected chi connectivity index (χ2v) is 7.42. The van der Waals surface area contributed by atoms with E-state index in [0.29, 0.717) is 35.1 Å². The fourth-order valence-electron chi connectivity index (χ4n) is 3.27. The highest BCUT2D eigenvalue weighted by Gasteiger charge is 2.26. The molecule has 0 spiro atoms. The molecular weight excluding hydrogens is 402 g/mol. The Morgan fingerprint density at radius 3 is 2.33 bits per heavy atom. The van der Waals surface area contributed by atoms with E-state index in [1.165, 1.54) is 0 Å². The summed E-state index contributed by atoms with van der Waals surface area (Å²) in [5, 5.41) is 9.03. The number of urea groups is 1. The molecule has 1 atom stereocenters.